The van der Waals surface area contributed by atoms with E-state index in [2.05, 4.69) is 15.0 Å². The van der Waals surface area contributed by atoms with Crippen LogP contribution in [-0.2, 0) is 10.0 Å². The molecular weight excluding hydrogens is 418 g/mol. The molecule has 2 aromatic carbocycles. The summed E-state index contributed by atoms with van der Waals surface area (Å²) in [6, 6.07) is 11.0. The van der Waals surface area contributed by atoms with Crippen molar-refractivity contribution in [3.05, 3.63) is 48.0 Å². The third-order valence-electron chi connectivity index (χ3n) is 4.75. The van der Waals surface area contributed by atoms with E-state index in [1.165, 1.54) is 19.2 Å². The molecule has 1 amide bonds. The van der Waals surface area contributed by atoms with Gasteiger partial charge in [0.1, 0.15) is 5.84 Å². The number of benzene rings is 2. The molecular formula is C22H27N3O5S. The van der Waals surface area contributed by atoms with Gasteiger partial charge in [-0.15, -0.1) is 0 Å². The van der Waals surface area contributed by atoms with Crippen LogP contribution < -0.4 is 19.5 Å². The SMILES string of the molecule is CCOc1ccc(C(=O)Nc2cccc(S(=O)(=O)NC3=NCCCCC3)c2)cc1OC. The number of hydrogen-bond donors (Lipinski definition) is 2. The first-order chi connectivity index (χ1) is 14.9. The Labute approximate surface area is 182 Å². The number of hydrogen-bond acceptors (Lipinski definition) is 6. The van der Waals surface area contributed by atoms with Gasteiger partial charge in [0, 0.05) is 24.2 Å². The molecule has 8 nitrogen and oxygen atoms in total. The molecule has 0 spiro atoms. The van der Waals surface area contributed by atoms with Gasteiger partial charge in [0.25, 0.3) is 15.9 Å². The van der Waals surface area contributed by atoms with Crippen molar-refractivity contribution in [1.82, 2.24) is 4.72 Å². The minimum absolute atomic E-state index is 0.0570. The number of methoxy groups -OCH3 is 1. The molecule has 166 valence electrons. The van der Waals surface area contributed by atoms with Gasteiger partial charge in [-0.1, -0.05) is 12.5 Å². The highest BCUT2D eigenvalue weighted by Crippen LogP contribution is 2.28. The number of sulfonamides is 1. The highest BCUT2D eigenvalue weighted by atomic mass is 32.2. The predicted octanol–water partition coefficient (Wildman–Crippen LogP) is 3.60. The monoisotopic (exact) mass is 445 g/mol. The number of anilines is 1. The fraction of sp³-hybridized carbons (Fsp3) is 0.364. The number of nitrogens with one attached hydrogen (secondary N) is 2. The molecule has 0 saturated heterocycles. The van der Waals surface area contributed by atoms with Crippen LogP contribution in [0.5, 0.6) is 11.5 Å². The Morgan fingerprint density at radius 2 is 1.94 bits per heavy atom. The number of carbonyl (C=O) groups excluding carboxylic acids is 1. The Balaban J connectivity index is 1.75. The van der Waals surface area contributed by atoms with Crippen molar-refractivity contribution in [2.24, 2.45) is 4.99 Å². The molecule has 0 saturated carbocycles. The van der Waals surface area contributed by atoms with E-state index >= 15 is 0 Å². The summed E-state index contributed by atoms with van der Waals surface area (Å²) < 4.78 is 38.9. The maximum absolute atomic E-state index is 12.8. The molecule has 1 aliphatic rings. The largest absolute Gasteiger partial charge is 0.493 e. The predicted molar refractivity (Wildman–Crippen MR) is 120 cm³/mol. The summed E-state index contributed by atoms with van der Waals surface area (Å²) in [5, 5.41) is 2.73. The third kappa shape index (κ3) is 5.97. The summed E-state index contributed by atoms with van der Waals surface area (Å²) in [7, 11) is -2.29. The second kappa shape index (κ2) is 10.3. The van der Waals surface area contributed by atoms with E-state index in [4.69, 9.17) is 9.47 Å². The molecule has 2 N–H and O–H groups in total. The van der Waals surface area contributed by atoms with Gasteiger partial charge in [0.2, 0.25) is 0 Å². The molecule has 0 bridgehead atoms. The molecule has 0 atom stereocenters. The molecule has 9 heteroatoms. The Morgan fingerprint density at radius 3 is 2.71 bits per heavy atom. The molecule has 1 aliphatic heterocycles. The average molecular weight is 446 g/mol. The van der Waals surface area contributed by atoms with E-state index in [1.54, 1.807) is 30.3 Å². The van der Waals surface area contributed by atoms with Crippen LogP contribution in [-0.4, -0.2) is 40.4 Å². The van der Waals surface area contributed by atoms with Crippen LogP contribution in [0.3, 0.4) is 0 Å². The molecule has 3 rings (SSSR count). The number of ether oxygens (including phenoxy) is 2. The van der Waals surface area contributed by atoms with Crippen molar-refractivity contribution in [1.29, 1.82) is 0 Å². The van der Waals surface area contributed by atoms with Crippen molar-refractivity contribution in [3.63, 3.8) is 0 Å². The second-order valence-electron chi connectivity index (χ2n) is 7.03. The first-order valence-electron chi connectivity index (χ1n) is 10.2. The maximum atomic E-state index is 12.8. The van der Waals surface area contributed by atoms with Crippen molar-refractivity contribution >= 4 is 27.5 Å². The Morgan fingerprint density at radius 1 is 1.10 bits per heavy atom. The molecule has 1 heterocycles. The fourth-order valence-corrected chi connectivity index (χ4v) is 4.33. The van der Waals surface area contributed by atoms with Crippen molar-refractivity contribution in [3.8, 4) is 11.5 Å². The van der Waals surface area contributed by atoms with Crippen LogP contribution in [0.4, 0.5) is 5.69 Å². The van der Waals surface area contributed by atoms with Crippen LogP contribution in [0.1, 0.15) is 43.0 Å². The molecule has 2 aromatic rings. The highest BCUT2D eigenvalue weighted by molar-refractivity contribution is 7.90. The topological polar surface area (TPSA) is 106 Å². The maximum Gasteiger partial charge on any atom is 0.262 e. The standard InChI is InChI=1S/C22H27N3O5S/c1-3-30-19-12-11-16(14-20(19)29-2)22(26)24-17-8-7-9-18(15-17)31(27,28)25-21-10-5-4-6-13-23-21/h7-9,11-12,14-15H,3-6,10,13H2,1-2H3,(H,23,25)(H,24,26). The van der Waals surface area contributed by atoms with Crippen molar-refractivity contribution < 1.29 is 22.7 Å². The van der Waals surface area contributed by atoms with Crippen molar-refractivity contribution in [2.75, 3.05) is 25.6 Å². The molecule has 0 unspecified atom stereocenters. The lowest BCUT2D eigenvalue weighted by atomic mass is 10.2. The average Bonchev–Trinajstić information content (AvgIpc) is 3.02. The molecule has 0 aliphatic carbocycles. The second-order valence-corrected chi connectivity index (χ2v) is 8.71. The van der Waals surface area contributed by atoms with E-state index in [-0.39, 0.29) is 4.90 Å². The van der Waals surface area contributed by atoms with E-state index in [1.807, 2.05) is 6.92 Å². The van der Waals surface area contributed by atoms with Gasteiger partial charge in [-0.05, 0) is 56.2 Å². The number of aliphatic imine (C=N–C) groups is 1. The van der Waals surface area contributed by atoms with Gasteiger partial charge in [-0.3, -0.25) is 14.5 Å². The summed E-state index contributed by atoms with van der Waals surface area (Å²) in [6.45, 7) is 2.96. The van der Waals surface area contributed by atoms with E-state index in [9.17, 15) is 13.2 Å². The van der Waals surface area contributed by atoms with Gasteiger partial charge in [0.05, 0.1) is 18.6 Å². The number of amidine groups is 1. The van der Waals surface area contributed by atoms with Crippen molar-refractivity contribution in [2.45, 2.75) is 37.5 Å². The van der Waals surface area contributed by atoms with E-state index in [0.29, 0.717) is 48.2 Å². The van der Waals surface area contributed by atoms with Gasteiger partial charge in [-0.2, -0.15) is 0 Å². The van der Waals surface area contributed by atoms with Crippen LogP contribution in [0.2, 0.25) is 0 Å². The summed E-state index contributed by atoms with van der Waals surface area (Å²) >= 11 is 0. The zero-order valence-electron chi connectivity index (χ0n) is 17.7. The zero-order chi connectivity index (χ0) is 22.3. The highest BCUT2D eigenvalue weighted by Gasteiger charge is 2.18. The van der Waals surface area contributed by atoms with Crippen LogP contribution in [0, 0.1) is 0 Å². The Bertz CT molecular complexity index is 1070. The van der Waals surface area contributed by atoms with E-state index < -0.39 is 15.9 Å². The lowest BCUT2D eigenvalue weighted by Gasteiger charge is -2.12. The van der Waals surface area contributed by atoms with E-state index in [0.717, 1.165) is 19.3 Å². The number of rotatable bonds is 7. The van der Waals surface area contributed by atoms with Gasteiger partial charge in [0.15, 0.2) is 11.5 Å². The number of nitrogens with zero attached hydrogens (tertiary/aromatic N) is 1. The summed E-state index contributed by atoms with van der Waals surface area (Å²) in [4.78, 5) is 17.0. The fourth-order valence-electron chi connectivity index (χ4n) is 3.20. The first-order valence-corrected chi connectivity index (χ1v) is 11.7. The van der Waals surface area contributed by atoms with Crippen LogP contribution >= 0.6 is 0 Å². The number of amides is 1. The van der Waals surface area contributed by atoms with Gasteiger partial charge < -0.3 is 14.8 Å². The molecule has 0 radical (unpaired) electrons. The van der Waals surface area contributed by atoms with Gasteiger partial charge >= 0.3 is 0 Å². The number of carbonyl (C=O) groups is 1. The summed E-state index contributed by atoms with van der Waals surface area (Å²) in [6.07, 6.45) is 3.51. The normalized spacial score (nSPS) is 14.2. The smallest absolute Gasteiger partial charge is 0.262 e. The van der Waals surface area contributed by atoms with Gasteiger partial charge in [-0.25, -0.2) is 8.42 Å². The quantitative estimate of drug-likeness (QED) is 0.677. The lowest BCUT2D eigenvalue weighted by molar-refractivity contribution is 0.102. The summed E-state index contributed by atoms with van der Waals surface area (Å²) in [5.41, 5.74) is 0.725. The minimum atomic E-state index is -3.79. The van der Waals surface area contributed by atoms with Crippen LogP contribution in [0.25, 0.3) is 0 Å². The third-order valence-corrected chi connectivity index (χ3v) is 6.13. The molecule has 0 aromatic heterocycles. The Kier molecular flexibility index (Phi) is 7.51. The summed E-state index contributed by atoms with van der Waals surface area (Å²) in [5.74, 6) is 1.08. The first kappa shape index (κ1) is 22.6. The zero-order valence-corrected chi connectivity index (χ0v) is 18.5. The Hall–Kier alpha value is -3.07. The minimum Gasteiger partial charge on any atom is -0.493 e. The molecule has 0 fully saturated rings. The van der Waals surface area contributed by atoms with Crippen LogP contribution in [0.15, 0.2) is 52.4 Å². The molecule has 31 heavy (non-hydrogen) atoms. The lowest BCUT2D eigenvalue weighted by Crippen LogP contribution is -2.30.